The first-order valence-electron chi connectivity index (χ1n) is 22.3. The molecule has 14 heteroatoms. The van der Waals surface area contributed by atoms with Crippen molar-refractivity contribution in [3.8, 4) is 0 Å². The predicted octanol–water partition coefficient (Wildman–Crippen LogP) is 4.55. The molecule has 0 spiro atoms. The minimum Gasteiger partial charge on any atom is -0.480 e. The summed E-state index contributed by atoms with van der Waals surface area (Å²) in [5, 5.41) is 15.8. The Morgan fingerprint density at radius 2 is 1.52 bits per heavy atom. The summed E-state index contributed by atoms with van der Waals surface area (Å²) in [6.45, 7) is 22.0. The Balaban J connectivity index is 2.27. The van der Waals surface area contributed by atoms with Gasteiger partial charge in [-0.15, -0.1) is 0 Å². The van der Waals surface area contributed by atoms with Crippen molar-refractivity contribution < 1.29 is 38.6 Å². The van der Waals surface area contributed by atoms with Crippen LogP contribution in [0.5, 0.6) is 0 Å². The van der Waals surface area contributed by atoms with Crippen LogP contribution in [0.15, 0.2) is 30.3 Å². The van der Waals surface area contributed by atoms with Crippen LogP contribution in [0.25, 0.3) is 0 Å². The molecule has 0 aromatic heterocycles. The lowest BCUT2D eigenvalue weighted by molar-refractivity contribution is -0.148. The maximum Gasteiger partial charge on any atom is 0.326 e. The maximum absolute atomic E-state index is 14.5. The number of benzene rings is 1. The zero-order chi connectivity index (χ0) is 45.3. The first-order chi connectivity index (χ1) is 28.4. The van der Waals surface area contributed by atoms with Crippen LogP contribution in [0, 0.1) is 23.7 Å². The van der Waals surface area contributed by atoms with Crippen molar-refractivity contribution in [2.45, 2.75) is 143 Å². The van der Waals surface area contributed by atoms with Crippen molar-refractivity contribution in [2.24, 2.45) is 23.7 Å². The monoisotopic (exact) mass is 845 g/mol. The van der Waals surface area contributed by atoms with Crippen molar-refractivity contribution in [3.05, 3.63) is 35.9 Å². The molecule has 0 radical (unpaired) electrons. The molecular formula is C46H80N6O8. The van der Waals surface area contributed by atoms with Crippen LogP contribution in [0.2, 0.25) is 0 Å². The fourth-order valence-corrected chi connectivity index (χ4v) is 8.83. The average molecular weight is 845 g/mol. The van der Waals surface area contributed by atoms with E-state index in [1.807, 2.05) is 78.9 Å². The van der Waals surface area contributed by atoms with Crippen molar-refractivity contribution in [3.63, 3.8) is 0 Å². The van der Waals surface area contributed by atoms with Gasteiger partial charge in [-0.25, -0.2) is 4.79 Å². The number of nitrogens with one attached hydrogen (secondary N) is 2. The summed E-state index contributed by atoms with van der Waals surface area (Å²) in [5.41, 5.74) is 0.786. The third-order valence-corrected chi connectivity index (χ3v) is 12.5. The summed E-state index contributed by atoms with van der Waals surface area (Å²) < 4.78 is 12.0. The number of carboxylic acid groups (broad SMARTS) is 1. The molecule has 1 aliphatic heterocycles. The fraction of sp³-hybridized carbons (Fsp3) is 0.761. The SMILES string of the molecule is CCCN(CC)CCN(C)[C@H](C(=O)N[C@H](C(=O)N(C)[C@@H]([C@@H](C)CC)[C@@H](CC(=O)N1CCC[C@H]1[C@H](OC)[C@@H](C)C(=O)N[C@@H](Cc1ccccc1)C(=O)O)OC)C(C)C)C(C)C. The lowest BCUT2D eigenvalue weighted by Crippen LogP contribution is -2.60. The van der Waals surface area contributed by atoms with E-state index in [-0.39, 0.29) is 48.3 Å². The van der Waals surface area contributed by atoms with Gasteiger partial charge in [-0.05, 0) is 62.7 Å². The number of hydrogen-bond acceptors (Lipinski definition) is 9. The Hall–Kier alpha value is -3.59. The van der Waals surface area contributed by atoms with E-state index in [9.17, 15) is 29.1 Å². The topological polar surface area (TPSA) is 161 Å². The smallest absolute Gasteiger partial charge is 0.326 e. The number of rotatable bonds is 27. The summed E-state index contributed by atoms with van der Waals surface area (Å²) in [5.74, 6) is -3.22. The fourth-order valence-electron chi connectivity index (χ4n) is 8.83. The molecule has 0 unspecified atom stereocenters. The number of carboxylic acids is 1. The van der Waals surface area contributed by atoms with Gasteiger partial charge in [-0.3, -0.25) is 24.1 Å². The molecule has 60 heavy (non-hydrogen) atoms. The average Bonchev–Trinajstić information content (AvgIpc) is 3.70. The Labute approximate surface area is 361 Å². The van der Waals surface area contributed by atoms with Gasteiger partial charge in [0.05, 0.1) is 42.7 Å². The number of ether oxygens (including phenoxy) is 2. The second-order valence-electron chi connectivity index (χ2n) is 17.5. The van der Waals surface area contributed by atoms with Gasteiger partial charge in [0.25, 0.3) is 0 Å². The first kappa shape index (κ1) is 52.5. The van der Waals surface area contributed by atoms with Gasteiger partial charge < -0.3 is 39.9 Å². The second kappa shape index (κ2) is 26.0. The highest BCUT2D eigenvalue weighted by Crippen LogP contribution is 2.30. The van der Waals surface area contributed by atoms with E-state index in [0.717, 1.165) is 38.2 Å². The van der Waals surface area contributed by atoms with Crippen LogP contribution in [0.3, 0.4) is 0 Å². The molecule has 0 bridgehead atoms. The van der Waals surface area contributed by atoms with Crippen LogP contribution in [-0.4, -0.2) is 158 Å². The Kier molecular flexibility index (Phi) is 22.8. The molecular weight excluding hydrogens is 765 g/mol. The normalized spacial score (nSPS) is 18.5. The van der Waals surface area contributed by atoms with Gasteiger partial charge in [-0.2, -0.15) is 0 Å². The third-order valence-electron chi connectivity index (χ3n) is 12.5. The van der Waals surface area contributed by atoms with Crippen molar-refractivity contribution in [2.75, 3.05) is 61.0 Å². The van der Waals surface area contributed by atoms with Crippen LogP contribution >= 0.6 is 0 Å². The second-order valence-corrected chi connectivity index (χ2v) is 17.5. The number of carbonyl (C=O) groups is 5. The quantitative estimate of drug-likeness (QED) is 0.115. The summed E-state index contributed by atoms with van der Waals surface area (Å²) >= 11 is 0. The molecule has 9 atom stereocenters. The maximum atomic E-state index is 14.5. The minimum absolute atomic E-state index is 0.0134. The number of methoxy groups -OCH3 is 2. The van der Waals surface area contributed by atoms with Gasteiger partial charge in [0.1, 0.15) is 12.1 Å². The number of likely N-dealkylation sites (N-methyl/N-ethyl adjacent to an activating group) is 3. The molecule has 1 aromatic rings. The van der Waals surface area contributed by atoms with E-state index >= 15 is 0 Å². The lowest BCUT2D eigenvalue weighted by atomic mass is 9.89. The molecule has 0 aliphatic carbocycles. The van der Waals surface area contributed by atoms with E-state index in [0.29, 0.717) is 25.8 Å². The highest BCUT2D eigenvalue weighted by atomic mass is 16.5. The minimum atomic E-state index is -1.14. The van der Waals surface area contributed by atoms with Crippen LogP contribution in [0.1, 0.15) is 100.0 Å². The standard InChI is InChI=1S/C46H80N6O8/c1-14-24-51(16-3)27-26-49(10)40(31(6)7)44(55)48-39(30(4)5)45(56)50(11)41(32(8)15-2)37(59-12)29-38(53)52-25-20-23-36(52)42(60-13)33(9)43(54)47-35(46(57)58)28-34-21-18-17-19-22-34/h17-19,21-22,30-33,35-37,39-42H,14-16,20,23-29H2,1-13H3,(H,47,54)(H,48,55)(H,57,58)/t32-,33+,35-,36-,37+,39-,40-,41-,42+/m0/s1. The molecule has 3 N–H and O–H groups in total. The highest BCUT2D eigenvalue weighted by molar-refractivity contribution is 5.90. The first-order valence-corrected chi connectivity index (χ1v) is 22.3. The van der Waals surface area contributed by atoms with Gasteiger partial charge in [0.15, 0.2) is 0 Å². The van der Waals surface area contributed by atoms with Crippen molar-refractivity contribution >= 4 is 29.6 Å². The van der Waals surface area contributed by atoms with E-state index in [4.69, 9.17) is 9.47 Å². The van der Waals surface area contributed by atoms with Gasteiger partial charge in [0.2, 0.25) is 23.6 Å². The highest BCUT2D eigenvalue weighted by Gasteiger charge is 2.43. The summed E-state index contributed by atoms with van der Waals surface area (Å²) in [6, 6.07) is 5.86. The van der Waals surface area contributed by atoms with E-state index in [1.165, 1.54) is 7.11 Å². The molecule has 0 saturated carbocycles. The number of likely N-dealkylation sites (tertiary alicyclic amines) is 1. The molecule has 1 aromatic carbocycles. The zero-order valence-electron chi connectivity index (χ0n) is 39.1. The van der Waals surface area contributed by atoms with Crippen LogP contribution in [0.4, 0.5) is 0 Å². The predicted molar refractivity (Wildman–Crippen MR) is 236 cm³/mol. The van der Waals surface area contributed by atoms with Gasteiger partial charge in [-0.1, -0.05) is 99.1 Å². The molecule has 1 saturated heterocycles. The van der Waals surface area contributed by atoms with Gasteiger partial charge in [0, 0.05) is 47.3 Å². The Morgan fingerprint density at radius 1 is 0.867 bits per heavy atom. The largest absolute Gasteiger partial charge is 0.480 e. The van der Waals surface area contributed by atoms with Gasteiger partial charge >= 0.3 is 5.97 Å². The number of amides is 4. The Bertz CT molecular complexity index is 1480. The molecule has 1 heterocycles. The molecule has 2 rings (SSSR count). The van der Waals surface area contributed by atoms with Crippen LogP contribution < -0.4 is 10.6 Å². The molecule has 1 fully saturated rings. The van der Waals surface area contributed by atoms with Crippen molar-refractivity contribution in [1.82, 2.24) is 30.2 Å². The summed E-state index contributed by atoms with van der Waals surface area (Å²) in [6.07, 6.45) is 1.86. The molecule has 342 valence electrons. The molecule has 14 nitrogen and oxygen atoms in total. The van der Waals surface area contributed by atoms with E-state index in [2.05, 4.69) is 34.3 Å². The third kappa shape index (κ3) is 14.8. The lowest BCUT2D eigenvalue weighted by Gasteiger charge is -2.41. The zero-order valence-corrected chi connectivity index (χ0v) is 39.1. The van der Waals surface area contributed by atoms with E-state index < -0.39 is 60.2 Å². The van der Waals surface area contributed by atoms with E-state index in [1.54, 1.807) is 30.9 Å². The van der Waals surface area contributed by atoms with Crippen LogP contribution in [-0.2, 0) is 39.9 Å². The van der Waals surface area contributed by atoms with Crippen molar-refractivity contribution in [1.29, 1.82) is 0 Å². The summed E-state index contributed by atoms with van der Waals surface area (Å²) in [4.78, 5) is 76.4. The summed E-state index contributed by atoms with van der Waals surface area (Å²) in [7, 11) is 6.76. The number of aliphatic carboxylic acids is 1. The molecule has 1 aliphatic rings. The Morgan fingerprint density at radius 3 is 2.03 bits per heavy atom. The number of hydrogen-bond donors (Lipinski definition) is 3. The number of carbonyl (C=O) groups excluding carboxylic acids is 4. The number of nitrogens with zero attached hydrogens (tertiary/aromatic N) is 4. The molecule has 4 amide bonds.